The Morgan fingerprint density at radius 2 is 1.82 bits per heavy atom. The van der Waals surface area contributed by atoms with Crippen LogP contribution in [0.15, 0.2) is 0 Å². The lowest BCUT2D eigenvalue weighted by atomic mass is 10.0. The fourth-order valence-corrected chi connectivity index (χ4v) is 4.96. The maximum atomic E-state index is 12.6. The first-order chi connectivity index (χ1) is 10.2. The topological polar surface area (TPSA) is 83.5 Å². The lowest BCUT2D eigenvalue weighted by Gasteiger charge is -2.28. The van der Waals surface area contributed by atoms with Crippen LogP contribution in [-0.2, 0) is 27.8 Å². The molecule has 0 aliphatic carbocycles. The van der Waals surface area contributed by atoms with Gasteiger partial charge >= 0.3 is 7.60 Å². The zero-order valence-corrected chi connectivity index (χ0v) is 14.7. The number of hydrogen-bond donors (Lipinski definition) is 1. The van der Waals surface area contributed by atoms with Crippen LogP contribution in [0.4, 0.5) is 0 Å². The quantitative estimate of drug-likeness (QED) is 0.712. The third-order valence-corrected chi connectivity index (χ3v) is 6.10. The Labute approximate surface area is 131 Å². The summed E-state index contributed by atoms with van der Waals surface area (Å²) >= 11 is 0. The normalized spacial score (nSPS) is 35.5. The highest BCUT2D eigenvalue weighted by Crippen LogP contribution is 2.51. The van der Waals surface area contributed by atoms with E-state index in [9.17, 15) is 9.67 Å². The van der Waals surface area contributed by atoms with Gasteiger partial charge in [-0.2, -0.15) is 0 Å². The Morgan fingerprint density at radius 3 is 2.32 bits per heavy atom. The monoisotopic (exact) mass is 338 g/mol. The molecule has 0 aromatic carbocycles. The lowest BCUT2D eigenvalue weighted by Crippen LogP contribution is -2.38. The molecule has 2 aliphatic heterocycles. The summed E-state index contributed by atoms with van der Waals surface area (Å²) in [6, 6.07) is 0. The van der Waals surface area contributed by atoms with Crippen LogP contribution in [0.25, 0.3) is 0 Å². The van der Waals surface area contributed by atoms with Crippen LogP contribution in [0.1, 0.15) is 34.6 Å². The third-order valence-electron chi connectivity index (χ3n) is 3.78. The van der Waals surface area contributed by atoms with Crippen LogP contribution in [-0.4, -0.2) is 54.9 Å². The number of hydrogen-bond acceptors (Lipinski definition) is 7. The van der Waals surface area contributed by atoms with Crippen LogP contribution in [0, 0.1) is 5.92 Å². The molecule has 2 saturated heterocycles. The molecule has 8 heteroatoms. The molecule has 2 rings (SSSR count). The van der Waals surface area contributed by atoms with Crippen molar-refractivity contribution >= 4 is 7.60 Å². The summed E-state index contributed by atoms with van der Waals surface area (Å²) in [6.07, 6.45) is -2.31. The molecule has 0 amide bonds. The molecule has 130 valence electrons. The van der Waals surface area contributed by atoms with Crippen molar-refractivity contribution in [2.45, 2.75) is 65.0 Å². The van der Waals surface area contributed by atoms with Gasteiger partial charge in [0, 0.05) is 0 Å². The number of fused-ring (bicyclic) bond motifs is 1. The van der Waals surface area contributed by atoms with Crippen LogP contribution < -0.4 is 0 Å². The molecule has 0 aromatic rings. The van der Waals surface area contributed by atoms with E-state index < -0.39 is 38.0 Å². The Morgan fingerprint density at radius 1 is 1.23 bits per heavy atom. The van der Waals surface area contributed by atoms with E-state index in [0.29, 0.717) is 13.2 Å². The predicted octanol–water partition coefficient (Wildman–Crippen LogP) is 2.13. The summed E-state index contributed by atoms with van der Waals surface area (Å²) in [7, 11) is -3.18. The average molecular weight is 338 g/mol. The number of aliphatic hydroxyl groups is 1. The molecule has 0 aromatic heterocycles. The van der Waals surface area contributed by atoms with Gasteiger partial charge in [-0.1, -0.05) is 6.92 Å². The van der Waals surface area contributed by atoms with Gasteiger partial charge in [0.05, 0.1) is 25.5 Å². The van der Waals surface area contributed by atoms with Gasteiger partial charge in [-0.05, 0) is 33.6 Å². The summed E-state index contributed by atoms with van der Waals surface area (Å²) < 4.78 is 40.2. The van der Waals surface area contributed by atoms with Gasteiger partial charge in [0.25, 0.3) is 0 Å². The summed E-state index contributed by atoms with van der Waals surface area (Å²) in [6.45, 7) is 9.56. The Bertz CT molecular complexity index is 417. The smallest absolute Gasteiger partial charge is 0.331 e. The highest BCUT2D eigenvalue weighted by atomic mass is 31.2. The first-order valence-electron chi connectivity index (χ1n) is 7.78. The largest absolute Gasteiger partial charge is 0.387 e. The fraction of sp³-hybridized carbons (Fsp3) is 1.00. The molecular formula is C14H27O7P. The minimum Gasteiger partial charge on any atom is -0.387 e. The minimum atomic E-state index is -3.18. The van der Waals surface area contributed by atoms with Crippen molar-refractivity contribution in [3.8, 4) is 0 Å². The molecule has 0 bridgehead atoms. The van der Waals surface area contributed by atoms with E-state index in [4.69, 9.17) is 23.3 Å². The second kappa shape index (κ2) is 6.85. The molecule has 1 N–H and O–H groups in total. The molecule has 2 aliphatic rings. The van der Waals surface area contributed by atoms with Crippen molar-refractivity contribution in [1.82, 2.24) is 0 Å². The fourth-order valence-electron chi connectivity index (χ4n) is 2.98. The average Bonchev–Trinajstić information content (AvgIpc) is 2.84. The highest BCUT2D eigenvalue weighted by Gasteiger charge is 2.55. The molecule has 0 saturated carbocycles. The van der Waals surface area contributed by atoms with Crippen LogP contribution >= 0.6 is 7.60 Å². The van der Waals surface area contributed by atoms with Gasteiger partial charge < -0.3 is 28.4 Å². The van der Waals surface area contributed by atoms with Crippen molar-refractivity contribution in [2.24, 2.45) is 5.92 Å². The van der Waals surface area contributed by atoms with Crippen molar-refractivity contribution in [2.75, 3.05) is 19.4 Å². The van der Waals surface area contributed by atoms with E-state index in [0.717, 1.165) is 0 Å². The van der Waals surface area contributed by atoms with Crippen molar-refractivity contribution in [1.29, 1.82) is 0 Å². The first kappa shape index (κ1) is 18.3. The van der Waals surface area contributed by atoms with Crippen molar-refractivity contribution < 1.29 is 32.9 Å². The van der Waals surface area contributed by atoms with E-state index in [1.807, 2.05) is 6.92 Å². The zero-order chi connectivity index (χ0) is 16.5. The Hall–Kier alpha value is -0.0100. The molecule has 7 nitrogen and oxygen atoms in total. The van der Waals surface area contributed by atoms with E-state index in [2.05, 4.69) is 0 Å². The number of rotatable bonds is 7. The summed E-state index contributed by atoms with van der Waals surface area (Å²) in [4.78, 5) is 0. The van der Waals surface area contributed by atoms with Gasteiger partial charge in [0.1, 0.15) is 12.2 Å². The zero-order valence-electron chi connectivity index (χ0n) is 13.9. The third kappa shape index (κ3) is 3.90. The molecule has 0 spiro atoms. The predicted molar refractivity (Wildman–Crippen MR) is 79.6 cm³/mol. The van der Waals surface area contributed by atoms with E-state index in [-0.39, 0.29) is 12.1 Å². The van der Waals surface area contributed by atoms with E-state index >= 15 is 0 Å². The van der Waals surface area contributed by atoms with Crippen LogP contribution in [0.2, 0.25) is 0 Å². The molecule has 2 heterocycles. The summed E-state index contributed by atoms with van der Waals surface area (Å²) in [5, 5.41) is 10.4. The van der Waals surface area contributed by atoms with Gasteiger partial charge in [0.15, 0.2) is 12.1 Å². The van der Waals surface area contributed by atoms with Gasteiger partial charge in [-0.25, -0.2) is 0 Å². The standard InChI is InChI=1S/C14H27O7P/c1-6-17-22(16,18-7-2)8-9(3)11-10(15)12-13(19-11)21-14(4,5)20-12/h9-13,15H,6-8H2,1-5H3/t9-,10-,11?,12-,13-/m1/s1. The molecule has 5 atom stereocenters. The molecule has 1 unspecified atom stereocenters. The number of ether oxygens (including phenoxy) is 3. The van der Waals surface area contributed by atoms with E-state index in [1.165, 1.54) is 0 Å². The van der Waals surface area contributed by atoms with Gasteiger partial charge in [-0.3, -0.25) is 4.57 Å². The molecule has 22 heavy (non-hydrogen) atoms. The first-order valence-corrected chi connectivity index (χ1v) is 9.51. The molecule has 2 fully saturated rings. The van der Waals surface area contributed by atoms with Crippen LogP contribution in [0.5, 0.6) is 0 Å². The SMILES string of the molecule is CCOP(=O)(C[C@@H](C)C1O[C@@H]2OC(C)(C)O[C@@H]2[C@@H]1O)OCC. The van der Waals surface area contributed by atoms with Gasteiger partial charge in [-0.15, -0.1) is 0 Å². The lowest BCUT2D eigenvalue weighted by molar-refractivity contribution is -0.219. The highest BCUT2D eigenvalue weighted by molar-refractivity contribution is 7.53. The van der Waals surface area contributed by atoms with Crippen LogP contribution in [0.3, 0.4) is 0 Å². The second-order valence-corrected chi connectivity index (χ2v) is 8.27. The summed E-state index contributed by atoms with van der Waals surface area (Å²) in [5.41, 5.74) is 0. The van der Waals surface area contributed by atoms with Gasteiger partial charge in [0.2, 0.25) is 0 Å². The molecular weight excluding hydrogens is 311 g/mol. The van der Waals surface area contributed by atoms with Crippen molar-refractivity contribution in [3.63, 3.8) is 0 Å². The molecule has 0 radical (unpaired) electrons. The Balaban J connectivity index is 1.99. The second-order valence-electron chi connectivity index (χ2n) is 6.17. The maximum Gasteiger partial charge on any atom is 0.331 e. The van der Waals surface area contributed by atoms with Crippen molar-refractivity contribution in [3.05, 3.63) is 0 Å². The number of aliphatic hydroxyl groups excluding tert-OH is 1. The maximum absolute atomic E-state index is 12.6. The minimum absolute atomic E-state index is 0.180. The van der Waals surface area contributed by atoms with E-state index in [1.54, 1.807) is 27.7 Å². The summed E-state index contributed by atoms with van der Waals surface area (Å²) in [5.74, 6) is -0.990. The Kier molecular flexibility index (Phi) is 5.71.